The summed E-state index contributed by atoms with van der Waals surface area (Å²) < 4.78 is 29.5. The largest absolute Gasteiger partial charge is 0.465 e. The highest BCUT2D eigenvalue weighted by Crippen LogP contribution is 2.26. The van der Waals surface area contributed by atoms with E-state index in [1.165, 1.54) is 6.07 Å². The molecule has 1 aromatic rings. The first-order valence-electron chi connectivity index (χ1n) is 3.98. The fourth-order valence-corrected chi connectivity index (χ4v) is 1.50. The van der Waals surface area contributed by atoms with Gasteiger partial charge in [0.15, 0.2) is 0 Å². The number of aromatic nitrogens is 1. The predicted octanol–water partition coefficient (Wildman–Crippen LogP) is 2.44. The average molecular weight is 291 g/mol. The summed E-state index contributed by atoms with van der Waals surface area (Å²) in [4.78, 5) is 14.7. The topological polar surface area (TPSA) is 63.0 Å². The Morgan fingerprint density at radius 1 is 1.69 bits per heavy atom. The fraction of sp³-hybridized carbons (Fsp3) is 0.222. The maximum absolute atomic E-state index is 12.6. The molecule has 0 saturated carbocycles. The molecule has 0 saturated heterocycles. The van der Waals surface area contributed by atoms with Gasteiger partial charge in [0.05, 0.1) is 18.2 Å². The van der Waals surface area contributed by atoms with E-state index in [0.29, 0.717) is 0 Å². The van der Waals surface area contributed by atoms with Crippen molar-refractivity contribution in [3.8, 4) is 6.07 Å². The molecule has 1 aromatic heterocycles. The number of carbonyl (C=O) groups is 1. The van der Waals surface area contributed by atoms with Crippen LogP contribution in [0.5, 0.6) is 0 Å². The molecule has 0 amide bonds. The predicted molar refractivity (Wildman–Crippen MR) is 52.9 cm³/mol. The second kappa shape index (κ2) is 4.99. The molecular formula is C9H5BrF2N2O2. The quantitative estimate of drug-likeness (QED) is 0.620. The first-order chi connectivity index (χ1) is 7.51. The van der Waals surface area contributed by atoms with Crippen LogP contribution >= 0.6 is 15.9 Å². The highest BCUT2D eigenvalue weighted by atomic mass is 79.9. The van der Waals surface area contributed by atoms with Crippen molar-refractivity contribution in [3.05, 3.63) is 27.5 Å². The van der Waals surface area contributed by atoms with Gasteiger partial charge in [0, 0.05) is 0 Å². The lowest BCUT2D eigenvalue weighted by molar-refractivity contribution is 0.0599. The zero-order valence-electron chi connectivity index (χ0n) is 8.00. The van der Waals surface area contributed by atoms with Crippen LogP contribution in [0.25, 0.3) is 0 Å². The fourth-order valence-electron chi connectivity index (χ4n) is 1.08. The second-order valence-electron chi connectivity index (χ2n) is 2.66. The lowest BCUT2D eigenvalue weighted by Crippen LogP contribution is -2.09. The van der Waals surface area contributed by atoms with Gasteiger partial charge in [-0.05, 0) is 22.0 Å². The van der Waals surface area contributed by atoms with Gasteiger partial charge in [-0.3, -0.25) is 0 Å². The van der Waals surface area contributed by atoms with Crippen LogP contribution in [0.3, 0.4) is 0 Å². The van der Waals surface area contributed by atoms with E-state index in [9.17, 15) is 13.6 Å². The van der Waals surface area contributed by atoms with Crippen molar-refractivity contribution in [3.63, 3.8) is 0 Å². The number of hydrogen-bond donors (Lipinski definition) is 0. The summed E-state index contributed by atoms with van der Waals surface area (Å²) in [6.07, 6.45) is -2.93. The first-order valence-corrected chi connectivity index (χ1v) is 4.77. The van der Waals surface area contributed by atoms with Crippen LogP contribution in [-0.4, -0.2) is 18.1 Å². The van der Waals surface area contributed by atoms with Gasteiger partial charge in [0.2, 0.25) is 0 Å². The standard InChI is InChI=1S/C9H5BrF2N2O2/c1-16-9(15)4-2-6(10)14-7(8(11)12)5(4)3-13/h2,8H,1H3. The van der Waals surface area contributed by atoms with E-state index in [2.05, 4.69) is 25.7 Å². The highest BCUT2D eigenvalue weighted by molar-refractivity contribution is 9.10. The summed E-state index contributed by atoms with van der Waals surface area (Å²) >= 11 is 2.88. The Morgan fingerprint density at radius 2 is 2.31 bits per heavy atom. The van der Waals surface area contributed by atoms with Gasteiger partial charge in [-0.25, -0.2) is 18.6 Å². The Bertz CT molecular complexity index is 471. The third-order valence-electron chi connectivity index (χ3n) is 1.74. The number of halogens is 3. The van der Waals surface area contributed by atoms with E-state index in [1.807, 2.05) is 0 Å². The molecule has 0 aromatic carbocycles. The zero-order chi connectivity index (χ0) is 12.3. The molecular weight excluding hydrogens is 286 g/mol. The number of alkyl halides is 2. The molecule has 0 unspecified atom stereocenters. The smallest absolute Gasteiger partial charge is 0.339 e. The molecule has 0 aliphatic carbocycles. The molecule has 7 heteroatoms. The van der Waals surface area contributed by atoms with Crippen molar-refractivity contribution >= 4 is 21.9 Å². The lowest BCUT2D eigenvalue weighted by atomic mass is 10.1. The molecule has 0 aliphatic heterocycles. The maximum atomic E-state index is 12.6. The monoisotopic (exact) mass is 290 g/mol. The van der Waals surface area contributed by atoms with Crippen LogP contribution in [0.2, 0.25) is 0 Å². The molecule has 0 aliphatic rings. The molecule has 84 valence electrons. The summed E-state index contributed by atoms with van der Waals surface area (Å²) in [5.74, 6) is -0.860. The molecule has 0 atom stereocenters. The van der Waals surface area contributed by atoms with Gasteiger partial charge in [-0.2, -0.15) is 5.26 Å². The van der Waals surface area contributed by atoms with Crippen LogP contribution in [0, 0.1) is 11.3 Å². The third-order valence-corrected chi connectivity index (χ3v) is 2.15. The SMILES string of the molecule is COC(=O)c1cc(Br)nc(C(F)F)c1C#N. The van der Waals surface area contributed by atoms with E-state index < -0.39 is 23.7 Å². The summed E-state index contributed by atoms with van der Waals surface area (Å²) in [6.45, 7) is 0. The molecule has 0 fully saturated rings. The van der Waals surface area contributed by atoms with Gasteiger partial charge in [0.25, 0.3) is 6.43 Å². The minimum Gasteiger partial charge on any atom is -0.465 e. The normalized spacial score (nSPS) is 10.0. The van der Waals surface area contributed by atoms with Crippen molar-refractivity contribution in [2.45, 2.75) is 6.43 Å². The van der Waals surface area contributed by atoms with Crippen molar-refractivity contribution < 1.29 is 18.3 Å². The van der Waals surface area contributed by atoms with Crippen LogP contribution in [0.4, 0.5) is 8.78 Å². The van der Waals surface area contributed by atoms with E-state index >= 15 is 0 Å². The van der Waals surface area contributed by atoms with Crippen LogP contribution < -0.4 is 0 Å². The van der Waals surface area contributed by atoms with Crippen molar-refractivity contribution in [1.82, 2.24) is 4.98 Å². The zero-order valence-corrected chi connectivity index (χ0v) is 9.59. The number of ether oxygens (including phenoxy) is 1. The van der Waals surface area contributed by atoms with Gasteiger partial charge in [-0.15, -0.1) is 0 Å². The van der Waals surface area contributed by atoms with Crippen LogP contribution in [0.15, 0.2) is 10.7 Å². The number of rotatable bonds is 2. The minimum atomic E-state index is -2.93. The summed E-state index contributed by atoms with van der Waals surface area (Å²) in [5, 5.41) is 8.74. The second-order valence-corrected chi connectivity index (χ2v) is 3.47. The Hall–Kier alpha value is -1.55. The number of hydrogen-bond acceptors (Lipinski definition) is 4. The van der Waals surface area contributed by atoms with E-state index in [0.717, 1.165) is 13.2 Å². The third kappa shape index (κ3) is 2.33. The van der Waals surface area contributed by atoms with Crippen molar-refractivity contribution in [2.24, 2.45) is 0 Å². The lowest BCUT2D eigenvalue weighted by Gasteiger charge is -2.07. The van der Waals surface area contributed by atoms with E-state index in [-0.39, 0.29) is 10.2 Å². The Labute approximate surface area is 98.0 Å². The Kier molecular flexibility index (Phi) is 3.90. The molecule has 1 rings (SSSR count). The summed E-state index contributed by atoms with van der Waals surface area (Å²) in [6, 6.07) is 2.69. The van der Waals surface area contributed by atoms with Crippen molar-refractivity contribution in [2.75, 3.05) is 7.11 Å². The van der Waals surface area contributed by atoms with Gasteiger partial charge < -0.3 is 4.74 Å². The number of nitriles is 1. The number of nitrogens with zero attached hydrogens (tertiary/aromatic N) is 2. The van der Waals surface area contributed by atoms with E-state index in [4.69, 9.17) is 5.26 Å². The van der Waals surface area contributed by atoms with Gasteiger partial charge in [0.1, 0.15) is 16.4 Å². The number of methoxy groups -OCH3 is 1. The van der Waals surface area contributed by atoms with Crippen LogP contribution in [0.1, 0.15) is 28.0 Å². The van der Waals surface area contributed by atoms with Gasteiger partial charge in [-0.1, -0.05) is 0 Å². The average Bonchev–Trinajstić information content (AvgIpc) is 2.26. The molecule has 0 spiro atoms. The van der Waals surface area contributed by atoms with Crippen molar-refractivity contribution in [1.29, 1.82) is 5.26 Å². The Balaban J connectivity index is 3.50. The minimum absolute atomic E-state index is 0.0437. The molecule has 16 heavy (non-hydrogen) atoms. The molecule has 0 radical (unpaired) electrons. The molecule has 4 nitrogen and oxygen atoms in total. The number of esters is 1. The summed E-state index contributed by atoms with van der Waals surface area (Å²) in [5.41, 5.74) is -1.44. The van der Waals surface area contributed by atoms with Crippen LogP contribution in [-0.2, 0) is 4.74 Å². The molecule has 0 N–H and O–H groups in total. The molecule has 0 bridgehead atoms. The van der Waals surface area contributed by atoms with E-state index in [1.54, 1.807) is 0 Å². The first kappa shape index (κ1) is 12.5. The Morgan fingerprint density at radius 3 is 2.75 bits per heavy atom. The summed E-state index contributed by atoms with van der Waals surface area (Å²) in [7, 11) is 1.10. The van der Waals surface area contributed by atoms with Gasteiger partial charge >= 0.3 is 5.97 Å². The highest BCUT2D eigenvalue weighted by Gasteiger charge is 2.23. The number of carbonyl (C=O) groups excluding carboxylic acids is 1. The maximum Gasteiger partial charge on any atom is 0.339 e. The number of pyridine rings is 1. The molecule has 1 heterocycles.